The number of aliphatic carboxylic acids is 1. The van der Waals surface area contributed by atoms with Crippen LogP contribution in [-0.2, 0) is 11.2 Å². The molecule has 2 aromatic heterocycles. The van der Waals surface area contributed by atoms with Crippen LogP contribution in [0.4, 0.5) is 0 Å². The number of nitrogens with zero attached hydrogens (tertiary/aromatic N) is 1. The summed E-state index contributed by atoms with van der Waals surface area (Å²) in [6, 6.07) is 24.2. The van der Waals surface area contributed by atoms with Gasteiger partial charge in [-0.3, -0.25) is 4.79 Å². The van der Waals surface area contributed by atoms with Crippen LogP contribution in [0.15, 0.2) is 72.8 Å². The predicted octanol–water partition coefficient (Wildman–Crippen LogP) is 5.65. The minimum Gasteiger partial charge on any atom is -0.481 e. The number of aromatic amines is 1. The van der Waals surface area contributed by atoms with Gasteiger partial charge in [-0.1, -0.05) is 54.6 Å². The van der Waals surface area contributed by atoms with E-state index in [1.807, 2.05) is 49.4 Å². The van der Waals surface area contributed by atoms with Crippen molar-refractivity contribution in [2.24, 2.45) is 0 Å². The first-order valence-corrected chi connectivity index (χ1v) is 9.55. The Morgan fingerprint density at radius 1 is 0.862 bits per heavy atom. The van der Waals surface area contributed by atoms with Crippen molar-refractivity contribution < 1.29 is 9.90 Å². The van der Waals surface area contributed by atoms with Gasteiger partial charge in [-0.15, -0.1) is 0 Å². The molecule has 4 nitrogen and oxygen atoms in total. The Labute approximate surface area is 169 Å². The molecule has 144 valence electrons. The molecular formula is C25H22N2O2. The molecule has 4 heteroatoms. The van der Waals surface area contributed by atoms with E-state index in [2.05, 4.69) is 42.2 Å². The molecule has 4 aromatic rings. The van der Waals surface area contributed by atoms with E-state index in [9.17, 15) is 4.79 Å². The highest BCUT2D eigenvalue weighted by molar-refractivity contribution is 5.73. The minimum atomic E-state index is -0.818. The van der Waals surface area contributed by atoms with Crippen LogP contribution in [0.5, 0.6) is 0 Å². The van der Waals surface area contributed by atoms with Crippen molar-refractivity contribution in [2.45, 2.75) is 20.3 Å². The highest BCUT2D eigenvalue weighted by atomic mass is 16.4. The number of carboxylic acid groups (broad SMARTS) is 1. The lowest BCUT2D eigenvalue weighted by Gasteiger charge is -2.07. The van der Waals surface area contributed by atoms with E-state index in [0.717, 1.165) is 50.6 Å². The summed E-state index contributed by atoms with van der Waals surface area (Å²) in [6.45, 7) is 4.11. The molecule has 0 fully saturated rings. The summed E-state index contributed by atoms with van der Waals surface area (Å²) in [5.74, 6) is -0.818. The Balaban J connectivity index is 1.59. The fraction of sp³-hybridized carbons (Fsp3) is 0.120. The van der Waals surface area contributed by atoms with E-state index >= 15 is 0 Å². The standard InChI is InChI=1S/C25H22N2O2/c1-16-14-22(17(2)26-16)24-5-3-4-23(27-24)21-12-10-20(11-13-21)19-8-6-18(7-9-19)15-25(28)29/h3-14,26H,15H2,1-2H3,(H,28,29). The molecule has 2 heterocycles. The van der Waals surface area contributed by atoms with Gasteiger partial charge in [0.05, 0.1) is 17.8 Å². The number of H-pyrrole nitrogens is 1. The fourth-order valence-electron chi connectivity index (χ4n) is 3.56. The van der Waals surface area contributed by atoms with Crippen molar-refractivity contribution in [3.05, 3.63) is 89.7 Å². The largest absolute Gasteiger partial charge is 0.481 e. The lowest BCUT2D eigenvalue weighted by atomic mass is 10.0. The molecule has 0 spiro atoms. The van der Waals surface area contributed by atoms with Gasteiger partial charge in [0.25, 0.3) is 0 Å². The third-order valence-corrected chi connectivity index (χ3v) is 5.00. The smallest absolute Gasteiger partial charge is 0.307 e. The molecule has 0 aliphatic carbocycles. The van der Waals surface area contributed by atoms with Crippen LogP contribution in [0.2, 0.25) is 0 Å². The lowest BCUT2D eigenvalue weighted by Crippen LogP contribution is -1.99. The Hall–Kier alpha value is -3.66. The Morgan fingerprint density at radius 2 is 1.45 bits per heavy atom. The van der Waals surface area contributed by atoms with Gasteiger partial charge in [-0.2, -0.15) is 0 Å². The van der Waals surface area contributed by atoms with E-state index < -0.39 is 5.97 Å². The Morgan fingerprint density at radius 3 is 2.03 bits per heavy atom. The summed E-state index contributed by atoms with van der Waals surface area (Å²) in [6.07, 6.45) is 0.0430. The number of aryl methyl sites for hydroxylation is 2. The monoisotopic (exact) mass is 382 g/mol. The van der Waals surface area contributed by atoms with Gasteiger partial charge in [-0.05, 0) is 48.7 Å². The van der Waals surface area contributed by atoms with Gasteiger partial charge in [0.1, 0.15) is 0 Å². The second-order valence-corrected chi connectivity index (χ2v) is 7.24. The molecule has 0 saturated carbocycles. The van der Waals surface area contributed by atoms with Gasteiger partial charge in [-0.25, -0.2) is 4.98 Å². The van der Waals surface area contributed by atoms with Gasteiger partial charge in [0.2, 0.25) is 0 Å². The van der Waals surface area contributed by atoms with Gasteiger partial charge in [0.15, 0.2) is 0 Å². The number of carbonyl (C=O) groups is 1. The fourth-order valence-corrected chi connectivity index (χ4v) is 3.56. The summed E-state index contributed by atoms with van der Waals surface area (Å²) >= 11 is 0. The minimum absolute atomic E-state index is 0.0430. The number of pyridine rings is 1. The molecule has 2 aromatic carbocycles. The van der Waals surface area contributed by atoms with Crippen LogP contribution >= 0.6 is 0 Å². The Kier molecular flexibility index (Phi) is 5.00. The third-order valence-electron chi connectivity index (χ3n) is 5.00. The van der Waals surface area contributed by atoms with Crippen LogP contribution in [-0.4, -0.2) is 21.0 Å². The SMILES string of the molecule is Cc1cc(-c2cccc(-c3ccc(-c4ccc(CC(=O)O)cc4)cc3)n2)c(C)[nH]1. The molecule has 0 bridgehead atoms. The molecule has 0 atom stereocenters. The Bertz CT molecular complexity index is 1160. The molecule has 0 unspecified atom stereocenters. The maximum atomic E-state index is 10.8. The zero-order valence-corrected chi connectivity index (χ0v) is 16.4. The number of benzene rings is 2. The third kappa shape index (κ3) is 4.11. The van der Waals surface area contributed by atoms with E-state index in [1.54, 1.807) is 0 Å². The molecule has 4 rings (SSSR count). The first-order chi connectivity index (χ1) is 14.0. The van der Waals surface area contributed by atoms with E-state index in [1.165, 1.54) is 0 Å². The van der Waals surface area contributed by atoms with E-state index in [0.29, 0.717) is 0 Å². The number of hydrogen-bond donors (Lipinski definition) is 2. The zero-order valence-electron chi connectivity index (χ0n) is 16.4. The highest BCUT2D eigenvalue weighted by Gasteiger charge is 2.09. The maximum absolute atomic E-state index is 10.8. The molecule has 0 aliphatic heterocycles. The van der Waals surface area contributed by atoms with Gasteiger partial charge >= 0.3 is 5.97 Å². The summed E-state index contributed by atoms with van der Waals surface area (Å²) in [7, 11) is 0. The van der Waals surface area contributed by atoms with Gasteiger partial charge in [0, 0.05) is 22.5 Å². The molecule has 29 heavy (non-hydrogen) atoms. The molecule has 0 aliphatic rings. The van der Waals surface area contributed by atoms with E-state index in [4.69, 9.17) is 10.1 Å². The molecule has 2 N–H and O–H groups in total. The summed E-state index contributed by atoms with van der Waals surface area (Å²) < 4.78 is 0. The topological polar surface area (TPSA) is 66.0 Å². The normalized spacial score (nSPS) is 10.8. The molecule has 0 radical (unpaired) electrons. The summed E-state index contributed by atoms with van der Waals surface area (Å²) in [4.78, 5) is 19.0. The quantitative estimate of drug-likeness (QED) is 0.468. The number of rotatable bonds is 5. The number of carboxylic acids is 1. The summed E-state index contributed by atoms with van der Waals surface area (Å²) in [5, 5.41) is 8.89. The van der Waals surface area contributed by atoms with Crippen molar-refractivity contribution in [1.82, 2.24) is 9.97 Å². The number of aromatic nitrogens is 2. The van der Waals surface area contributed by atoms with Crippen molar-refractivity contribution in [3.63, 3.8) is 0 Å². The number of hydrogen-bond acceptors (Lipinski definition) is 2. The van der Waals surface area contributed by atoms with Crippen LogP contribution in [0, 0.1) is 13.8 Å². The average molecular weight is 382 g/mol. The van der Waals surface area contributed by atoms with Crippen molar-refractivity contribution in [2.75, 3.05) is 0 Å². The van der Waals surface area contributed by atoms with Crippen molar-refractivity contribution in [1.29, 1.82) is 0 Å². The van der Waals surface area contributed by atoms with E-state index in [-0.39, 0.29) is 6.42 Å². The van der Waals surface area contributed by atoms with Crippen LogP contribution < -0.4 is 0 Å². The molecule has 0 saturated heterocycles. The van der Waals surface area contributed by atoms with Crippen molar-refractivity contribution in [3.8, 4) is 33.6 Å². The van der Waals surface area contributed by atoms with Crippen LogP contribution in [0.1, 0.15) is 17.0 Å². The van der Waals surface area contributed by atoms with Gasteiger partial charge < -0.3 is 10.1 Å². The predicted molar refractivity (Wildman–Crippen MR) is 116 cm³/mol. The second-order valence-electron chi connectivity index (χ2n) is 7.24. The summed E-state index contributed by atoms with van der Waals surface area (Å²) in [5.41, 5.74) is 9.28. The van der Waals surface area contributed by atoms with Crippen LogP contribution in [0.3, 0.4) is 0 Å². The second kappa shape index (κ2) is 7.76. The molecule has 0 amide bonds. The maximum Gasteiger partial charge on any atom is 0.307 e. The highest BCUT2D eigenvalue weighted by Crippen LogP contribution is 2.28. The zero-order chi connectivity index (χ0) is 20.4. The number of nitrogens with one attached hydrogen (secondary N) is 1. The first kappa shape index (κ1) is 18.7. The lowest BCUT2D eigenvalue weighted by molar-refractivity contribution is -0.136. The average Bonchev–Trinajstić information content (AvgIpc) is 3.06. The first-order valence-electron chi connectivity index (χ1n) is 9.55. The van der Waals surface area contributed by atoms with Crippen molar-refractivity contribution >= 4 is 5.97 Å². The molecular weight excluding hydrogens is 360 g/mol. The van der Waals surface area contributed by atoms with Crippen LogP contribution in [0.25, 0.3) is 33.6 Å².